The first-order valence-corrected chi connectivity index (χ1v) is 8.84. The number of fused-ring (bicyclic) bond motifs is 1. The maximum absolute atomic E-state index is 13.1. The molecule has 0 spiro atoms. The average molecular weight is 379 g/mol. The van der Waals surface area contributed by atoms with Gasteiger partial charge in [0.25, 0.3) is 5.91 Å². The molecule has 1 atom stereocenters. The van der Waals surface area contributed by atoms with Crippen LogP contribution in [0.15, 0.2) is 42.5 Å². The Bertz CT molecular complexity index is 882. The summed E-state index contributed by atoms with van der Waals surface area (Å²) in [6.07, 6.45) is 0. The van der Waals surface area contributed by atoms with Crippen LogP contribution in [0.5, 0.6) is 5.75 Å². The van der Waals surface area contributed by atoms with E-state index >= 15 is 0 Å². The van der Waals surface area contributed by atoms with Crippen molar-refractivity contribution in [3.8, 4) is 5.75 Å². The topological polar surface area (TPSA) is 42.4 Å². The number of ether oxygens (including phenoxy) is 1. The molecular formula is C18H16ClFN2O2S. The molecule has 2 aromatic carbocycles. The Labute approximate surface area is 153 Å². The first-order chi connectivity index (χ1) is 12.0. The number of likely N-dealkylation sites (N-methyl/N-ethyl adjacent to an activating group) is 1. The number of carbonyl (C=O) groups excluding carboxylic acids is 1. The van der Waals surface area contributed by atoms with Gasteiger partial charge in [-0.25, -0.2) is 9.37 Å². The molecule has 0 saturated carbocycles. The van der Waals surface area contributed by atoms with Crippen LogP contribution in [0.25, 0.3) is 10.2 Å². The van der Waals surface area contributed by atoms with Gasteiger partial charge in [-0.3, -0.25) is 4.79 Å². The Morgan fingerprint density at radius 2 is 2.12 bits per heavy atom. The van der Waals surface area contributed by atoms with Crippen LogP contribution in [0.4, 0.5) is 4.39 Å². The van der Waals surface area contributed by atoms with Crippen molar-refractivity contribution in [1.29, 1.82) is 0 Å². The lowest BCUT2D eigenvalue weighted by molar-refractivity contribution is -0.134. The van der Waals surface area contributed by atoms with E-state index in [9.17, 15) is 9.18 Å². The number of carbonyl (C=O) groups is 1. The summed E-state index contributed by atoms with van der Waals surface area (Å²) in [5, 5.41) is 0.822. The van der Waals surface area contributed by atoms with Crippen LogP contribution < -0.4 is 4.74 Å². The Morgan fingerprint density at radius 1 is 1.36 bits per heavy atom. The zero-order chi connectivity index (χ0) is 18.0. The van der Waals surface area contributed by atoms with Gasteiger partial charge in [0.1, 0.15) is 16.6 Å². The van der Waals surface area contributed by atoms with Crippen molar-refractivity contribution >= 4 is 39.1 Å². The number of hydrogen-bond acceptors (Lipinski definition) is 4. The molecule has 0 saturated heterocycles. The summed E-state index contributed by atoms with van der Waals surface area (Å²) in [7, 11) is 1.71. The predicted molar refractivity (Wildman–Crippen MR) is 97.7 cm³/mol. The van der Waals surface area contributed by atoms with Crippen molar-refractivity contribution in [3.05, 3.63) is 58.3 Å². The molecule has 0 unspecified atom stereocenters. The molecule has 0 N–H and O–H groups in total. The van der Waals surface area contributed by atoms with Crippen LogP contribution >= 0.6 is 22.9 Å². The Balaban J connectivity index is 1.65. The van der Waals surface area contributed by atoms with Crippen molar-refractivity contribution < 1.29 is 13.9 Å². The van der Waals surface area contributed by atoms with Gasteiger partial charge in [-0.05, 0) is 31.2 Å². The molecule has 3 rings (SSSR count). The third-order valence-electron chi connectivity index (χ3n) is 3.90. The number of hydrogen-bond donors (Lipinski definition) is 0. The SMILES string of the molecule is C[C@@H](c1nc2ccccc2s1)N(C)C(=O)COc1ccc(F)c(Cl)c1. The molecule has 0 aliphatic rings. The molecule has 0 bridgehead atoms. The fraction of sp³-hybridized carbons (Fsp3) is 0.222. The summed E-state index contributed by atoms with van der Waals surface area (Å²) in [6, 6.07) is 11.7. The molecule has 25 heavy (non-hydrogen) atoms. The van der Waals surface area contributed by atoms with E-state index < -0.39 is 5.82 Å². The van der Waals surface area contributed by atoms with Gasteiger partial charge < -0.3 is 9.64 Å². The summed E-state index contributed by atoms with van der Waals surface area (Å²) in [5.41, 5.74) is 0.924. The first-order valence-electron chi connectivity index (χ1n) is 7.64. The van der Waals surface area contributed by atoms with Gasteiger partial charge in [-0.15, -0.1) is 11.3 Å². The third-order valence-corrected chi connectivity index (χ3v) is 5.39. The monoisotopic (exact) mass is 378 g/mol. The van der Waals surface area contributed by atoms with Crippen molar-refractivity contribution in [3.63, 3.8) is 0 Å². The quantitative estimate of drug-likeness (QED) is 0.647. The Morgan fingerprint density at radius 3 is 2.84 bits per heavy atom. The van der Waals surface area contributed by atoms with E-state index in [0.717, 1.165) is 15.2 Å². The fourth-order valence-corrected chi connectivity index (χ4v) is 3.50. The molecule has 0 fully saturated rings. The van der Waals surface area contributed by atoms with Gasteiger partial charge in [-0.2, -0.15) is 0 Å². The minimum Gasteiger partial charge on any atom is -0.484 e. The van der Waals surface area contributed by atoms with Crippen LogP contribution in [0.1, 0.15) is 18.0 Å². The number of halogens is 2. The summed E-state index contributed by atoms with van der Waals surface area (Å²) < 4.78 is 19.6. The highest BCUT2D eigenvalue weighted by Gasteiger charge is 2.21. The summed E-state index contributed by atoms with van der Waals surface area (Å²) >= 11 is 7.27. The lowest BCUT2D eigenvalue weighted by Crippen LogP contribution is -2.33. The maximum atomic E-state index is 13.1. The molecule has 0 aliphatic heterocycles. The van der Waals surface area contributed by atoms with Crippen LogP contribution in [0.3, 0.4) is 0 Å². The number of benzene rings is 2. The van der Waals surface area contributed by atoms with Gasteiger partial charge in [0.05, 0.1) is 21.3 Å². The Hall–Kier alpha value is -2.18. The fourth-order valence-electron chi connectivity index (χ4n) is 2.26. The molecule has 130 valence electrons. The average Bonchev–Trinajstić information content (AvgIpc) is 3.05. The second-order valence-electron chi connectivity index (χ2n) is 5.57. The maximum Gasteiger partial charge on any atom is 0.260 e. The van der Waals surface area contributed by atoms with Crippen molar-refractivity contribution in [2.75, 3.05) is 13.7 Å². The number of rotatable bonds is 5. The van der Waals surface area contributed by atoms with E-state index in [1.165, 1.54) is 18.2 Å². The summed E-state index contributed by atoms with van der Waals surface area (Å²) in [6.45, 7) is 1.76. The van der Waals surface area contributed by atoms with Crippen molar-refractivity contribution in [1.82, 2.24) is 9.88 Å². The molecule has 1 amide bonds. The molecule has 1 aromatic heterocycles. The second-order valence-corrected chi connectivity index (χ2v) is 7.03. The standard InChI is InChI=1S/C18H16ClFN2O2S/c1-11(18-21-15-5-3-4-6-16(15)25-18)22(2)17(23)10-24-12-7-8-14(20)13(19)9-12/h3-9,11H,10H2,1-2H3/t11-/m0/s1. The van der Waals surface area contributed by atoms with E-state index in [0.29, 0.717) is 5.75 Å². The highest BCUT2D eigenvalue weighted by molar-refractivity contribution is 7.18. The number of amides is 1. The van der Waals surface area contributed by atoms with E-state index in [4.69, 9.17) is 16.3 Å². The van der Waals surface area contributed by atoms with Gasteiger partial charge >= 0.3 is 0 Å². The highest BCUT2D eigenvalue weighted by Crippen LogP contribution is 2.29. The highest BCUT2D eigenvalue weighted by atomic mass is 35.5. The van der Waals surface area contributed by atoms with Gasteiger partial charge in [0, 0.05) is 13.1 Å². The summed E-state index contributed by atoms with van der Waals surface area (Å²) in [5.74, 6) is -0.380. The lowest BCUT2D eigenvalue weighted by Gasteiger charge is -2.23. The first kappa shape index (κ1) is 17.6. The third kappa shape index (κ3) is 3.91. The van der Waals surface area contributed by atoms with Crippen molar-refractivity contribution in [2.24, 2.45) is 0 Å². The van der Waals surface area contributed by atoms with E-state index in [2.05, 4.69) is 4.98 Å². The van der Waals surface area contributed by atoms with Crippen LogP contribution in [0.2, 0.25) is 5.02 Å². The van der Waals surface area contributed by atoms with E-state index in [-0.39, 0.29) is 23.6 Å². The van der Waals surface area contributed by atoms with Gasteiger partial charge in [-0.1, -0.05) is 23.7 Å². The molecule has 1 heterocycles. The molecule has 4 nitrogen and oxygen atoms in total. The van der Waals surface area contributed by atoms with Crippen LogP contribution in [-0.2, 0) is 4.79 Å². The zero-order valence-electron chi connectivity index (χ0n) is 13.7. The Kier molecular flexibility index (Phi) is 5.20. The smallest absolute Gasteiger partial charge is 0.260 e. The molecule has 7 heteroatoms. The number of aromatic nitrogens is 1. The van der Waals surface area contributed by atoms with Crippen LogP contribution in [-0.4, -0.2) is 29.4 Å². The van der Waals surface area contributed by atoms with E-state index in [1.807, 2.05) is 31.2 Å². The summed E-state index contributed by atoms with van der Waals surface area (Å²) in [4.78, 5) is 18.5. The second kappa shape index (κ2) is 7.37. The molecular weight excluding hydrogens is 363 g/mol. The van der Waals surface area contributed by atoms with Crippen molar-refractivity contribution in [2.45, 2.75) is 13.0 Å². The van der Waals surface area contributed by atoms with Crippen LogP contribution in [0, 0.1) is 5.82 Å². The van der Waals surface area contributed by atoms with Gasteiger partial charge in [0.15, 0.2) is 6.61 Å². The number of thiazole rings is 1. The normalized spacial score (nSPS) is 12.2. The minimum absolute atomic E-state index is 0.0406. The zero-order valence-corrected chi connectivity index (χ0v) is 15.3. The minimum atomic E-state index is -0.526. The predicted octanol–water partition coefficient (Wildman–Crippen LogP) is 4.69. The van der Waals surface area contributed by atoms with E-state index in [1.54, 1.807) is 23.3 Å². The molecule has 3 aromatic rings. The lowest BCUT2D eigenvalue weighted by atomic mass is 10.3. The molecule has 0 aliphatic carbocycles. The van der Waals surface area contributed by atoms with Gasteiger partial charge in [0.2, 0.25) is 0 Å². The molecule has 0 radical (unpaired) electrons. The largest absolute Gasteiger partial charge is 0.484 e. The number of para-hydroxylation sites is 1. The number of nitrogens with zero attached hydrogens (tertiary/aromatic N) is 2.